The van der Waals surface area contributed by atoms with E-state index in [1.165, 1.54) is 12.5 Å². The highest BCUT2D eigenvalue weighted by Gasteiger charge is 2.38. The highest BCUT2D eigenvalue weighted by molar-refractivity contribution is 6.00. The molecule has 33 heteroatoms. The molecule has 4 rings (SSSR count). The summed E-state index contributed by atoms with van der Waals surface area (Å²) in [5.41, 5.74) is 36.8. The van der Waals surface area contributed by atoms with Crippen molar-refractivity contribution in [1.29, 1.82) is 0 Å². The molecule has 0 aliphatic heterocycles. The van der Waals surface area contributed by atoms with Gasteiger partial charge in [-0.05, 0) is 131 Å². The number of nitrogens with one attached hydrogen (secondary N) is 13. The van der Waals surface area contributed by atoms with E-state index in [2.05, 4.69) is 73.4 Å². The third kappa shape index (κ3) is 31.6. The van der Waals surface area contributed by atoms with Crippen LogP contribution in [0.4, 0.5) is 0 Å². The molecule has 2 heterocycles. The van der Waals surface area contributed by atoms with Gasteiger partial charge < -0.3 is 103 Å². The second-order valence-corrected chi connectivity index (χ2v) is 28.5. The first kappa shape index (κ1) is 89.5. The minimum atomic E-state index is -1.57. The van der Waals surface area contributed by atoms with E-state index in [4.69, 9.17) is 34.4 Å². The number of para-hydroxylation sites is 1. The molecule has 0 spiro atoms. The zero-order valence-corrected chi connectivity index (χ0v) is 63.2. The lowest BCUT2D eigenvalue weighted by molar-refractivity contribution is -0.137. The van der Waals surface area contributed by atoms with Crippen LogP contribution in [0.3, 0.4) is 0 Å². The quantitative estimate of drug-likeness (QED) is 0.0239. The number of carbonyl (C=O) groups excluding carboxylic acids is 13. The van der Waals surface area contributed by atoms with Crippen LogP contribution in [-0.4, -0.2) is 184 Å². The Hall–Kier alpha value is -9.86. The zero-order valence-electron chi connectivity index (χ0n) is 63.2. The number of hydrogen-bond donors (Lipinski definition) is 19. The summed E-state index contributed by atoms with van der Waals surface area (Å²) >= 11 is 0. The second-order valence-electron chi connectivity index (χ2n) is 28.5. The number of primary amides is 2. The SMILES string of the molecule is CC[C@H](C)[C@H](NC(=O)[C@H](CC(C)C)NC(=O)[C@H](Cc1c[nH]c2ccccc12)NC(=O)CNC(=O)[C@@H](NC(=O)[C@@H](N)CCCCN)C(C)C)C(=O)N[C@@H](CCC(N)=O)C(=O)N[C@@H](CC(C)C)C(=O)N[C@@H](Cc1ccccc1)C(=O)N[C@@H](Cc1cnc[nH]1)C(=O)N[C@@H](CCCCN)C(=O)N[C@@H](CCCCN)C(N)=O. The number of carbonyl (C=O) groups is 13. The molecule has 13 amide bonds. The number of nitrogens with zero attached hydrogens (tertiary/aromatic N) is 1. The van der Waals surface area contributed by atoms with Crippen LogP contribution in [-0.2, 0) is 81.6 Å². The minimum absolute atomic E-state index is 0.0282. The van der Waals surface area contributed by atoms with Crippen LogP contribution >= 0.6 is 0 Å². The van der Waals surface area contributed by atoms with Gasteiger partial charge in [0.05, 0.1) is 18.9 Å². The summed E-state index contributed by atoms with van der Waals surface area (Å²) in [4.78, 5) is 193. The Morgan fingerprint density at radius 3 is 1.46 bits per heavy atom. The van der Waals surface area contributed by atoms with Gasteiger partial charge in [0.25, 0.3) is 0 Å². The Morgan fingerprint density at radius 1 is 0.458 bits per heavy atom. The van der Waals surface area contributed by atoms with Gasteiger partial charge in [0.1, 0.15) is 60.4 Å². The number of aromatic nitrogens is 3. The first-order valence-corrected chi connectivity index (χ1v) is 37.2. The smallest absolute Gasteiger partial charge is 0.243 e. The van der Waals surface area contributed by atoms with Crippen LogP contribution in [0.15, 0.2) is 73.3 Å². The molecule has 12 atom stereocenters. The van der Waals surface area contributed by atoms with E-state index < -0.39 is 168 Å². The minimum Gasteiger partial charge on any atom is -0.370 e. The molecule has 4 aromatic rings. The van der Waals surface area contributed by atoms with Gasteiger partial charge in [-0.1, -0.05) is 117 Å². The molecule has 107 heavy (non-hydrogen) atoms. The largest absolute Gasteiger partial charge is 0.370 e. The normalized spacial score (nSPS) is 14.8. The van der Waals surface area contributed by atoms with Gasteiger partial charge in [0.2, 0.25) is 76.8 Å². The van der Waals surface area contributed by atoms with Crippen LogP contribution in [0, 0.1) is 23.7 Å². The molecule has 0 fully saturated rings. The molecular weight excluding hydrogens is 1380 g/mol. The van der Waals surface area contributed by atoms with Crippen LogP contribution in [0.5, 0.6) is 0 Å². The van der Waals surface area contributed by atoms with Crippen molar-refractivity contribution in [1.82, 2.24) is 73.4 Å². The average molecular weight is 1500 g/mol. The van der Waals surface area contributed by atoms with E-state index in [-0.39, 0.29) is 69.7 Å². The molecule has 33 nitrogen and oxygen atoms in total. The number of fused-ring (bicyclic) bond motifs is 1. The van der Waals surface area contributed by atoms with Gasteiger partial charge in [-0.25, -0.2) is 4.98 Å². The van der Waals surface area contributed by atoms with Crippen molar-refractivity contribution in [2.75, 3.05) is 26.2 Å². The standard InChI is InChI=1S/C74H118N20O13/c1-9-45(8)63(94-72(105)56(34-43(4)5)90-70(103)58(36-47-38-82-51-25-14-13-23-49(47)51)85-61(96)40-83-73(106)62(44(6)7)93-65(98)50(78)24-15-18-30-75)74(107)88-54(28-29-60(79)95)67(100)89-55(33-42(2)3)68(101)91-57(35-46-21-11-10-12-22-46)69(102)92-59(37-48-39-81-41-84-48)71(104)87-53(27-17-20-32-77)66(99)86-52(64(80)97)26-16-19-31-76/h10-14,21-23,25,38-39,41-45,50,52-59,62-63,82H,9,15-20,24,26-37,40,75-78H2,1-8H3,(H2,79,95)(H2,80,97)(H,81,84)(H,83,106)(H,85,96)(H,86,99)(H,87,104)(H,88,107)(H,89,100)(H,90,103)(H,91,101)(H,92,102)(H,93,98)(H,94,105)/t45-,50-,52-,53-,54-,55-,56-,57-,58-,59-,62-,63-/m0/s1. The number of H-pyrrole nitrogens is 2. The first-order chi connectivity index (χ1) is 50.9. The lowest BCUT2D eigenvalue weighted by Gasteiger charge is -2.30. The number of unbranched alkanes of at least 4 members (excludes halogenated alkanes) is 3. The highest BCUT2D eigenvalue weighted by Crippen LogP contribution is 2.21. The molecule has 0 saturated carbocycles. The molecule has 2 aromatic carbocycles. The van der Waals surface area contributed by atoms with Gasteiger partial charge in [-0.3, -0.25) is 62.3 Å². The van der Waals surface area contributed by atoms with Crippen molar-refractivity contribution in [3.05, 3.63) is 90.1 Å². The molecule has 25 N–H and O–H groups in total. The fourth-order valence-electron chi connectivity index (χ4n) is 11.9. The van der Waals surface area contributed by atoms with Crippen LogP contribution in [0.1, 0.15) is 162 Å². The molecular formula is C74H118N20O13. The Bertz CT molecular complexity index is 3520. The van der Waals surface area contributed by atoms with Gasteiger partial charge in [-0.15, -0.1) is 0 Å². The Kier molecular flexibility index (Phi) is 39.3. The number of imidazole rings is 1. The van der Waals surface area contributed by atoms with Gasteiger partial charge >= 0.3 is 0 Å². The third-order valence-electron chi connectivity index (χ3n) is 18.2. The van der Waals surface area contributed by atoms with E-state index in [0.717, 1.165) is 10.9 Å². The molecule has 0 bridgehead atoms. The Labute approximate surface area is 626 Å². The van der Waals surface area contributed by atoms with Crippen molar-refractivity contribution >= 4 is 87.7 Å². The topological polar surface area (TPSA) is 555 Å². The fraction of sp³-hybridized carbons (Fsp3) is 0.595. The lowest BCUT2D eigenvalue weighted by Crippen LogP contribution is -2.61. The summed E-state index contributed by atoms with van der Waals surface area (Å²) in [7, 11) is 0. The van der Waals surface area contributed by atoms with E-state index in [1.807, 2.05) is 18.2 Å². The summed E-state index contributed by atoms with van der Waals surface area (Å²) < 4.78 is 0. The van der Waals surface area contributed by atoms with Crippen molar-refractivity contribution in [2.24, 2.45) is 58.1 Å². The number of hydrogen-bond acceptors (Lipinski definition) is 18. The summed E-state index contributed by atoms with van der Waals surface area (Å²) in [6, 6.07) is 1.74. The average Bonchev–Trinajstić information content (AvgIpc) is 1.75. The van der Waals surface area contributed by atoms with Gasteiger partial charge in [0, 0.05) is 54.7 Å². The maximum absolute atomic E-state index is 14.9. The Morgan fingerprint density at radius 2 is 0.925 bits per heavy atom. The maximum atomic E-state index is 14.9. The van der Waals surface area contributed by atoms with Crippen molar-refractivity contribution in [2.45, 2.75) is 231 Å². The predicted molar refractivity (Wildman–Crippen MR) is 404 cm³/mol. The fourth-order valence-corrected chi connectivity index (χ4v) is 11.9. The Balaban J connectivity index is 1.62. The lowest BCUT2D eigenvalue weighted by atomic mass is 9.95. The number of nitrogens with two attached hydrogens (primary N) is 6. The molecule has 0 unspecified atom stereocenters. The van der Waals surface area contributed by atoms with Crippen molar-refractivity contribution in [3.8, 4) is 0 Å². The molecule has 2 aromatic heterocycles. The third-order valence-corrected chi connectivity index (χ3v) is 18.2. The van der Waals surface area contributed by atoms with E-state index in [0.29, 0.717) is 81.3 Å². The summed E-state index contributed by atoms with van der Waals surface area (Å²) in [5, 5.41) is 30.6. The monoisotopic (exact) mass is 1490 g/mol. The molecule has 0 aliphatic carbocycles. The predicted octanol–water partition coefficient (Wildman–Crippen LogP) is -0.858. The van der Waals surface area contributed by atoms with E-state index in [1.54, 1.807) is 98.0 Å². The molecule has 0 radical (unpaired) electrons. The van der Waals surface area contributed by atoms with Crippen LogP contribution < -0.4 is 92.9 Å². The van der Waals surface area contributed by atoms with Gasteiger partial charge in [-0.2, -0.15) is 0 Å². The van der Waals surface area contributed by atoms with E-state index in [9.17, 15) is 62.3 Å². The van der Waals surface area contributed by atoms with E-state index >= 15 is 0 Å². The summed E-state index contributed by atoms with van der Waals surface area (Å²) in [5.74, 6) is -11.8. The second kappa shape index (κ2) is 47.0. The zero-order chi connectivity index (χ0) is 79.3. The summed E-state index contributed by atoms with van der Waals surface area (Å²) in [6.07, 6.45) is 7.43. The number of benzene rings is 2. The number of amides is 13. The van der Waals surface area contributed by atoms with Crippen molar-refractivity contribution in [3.63, 3.8) is 0 Å². The first-order valence-electron chi connectivity index (χ1n) is 37.2. The number of rotatable bonds is 51. The van der Waals surface area contributed by atoms with Gasteiger partial charge in [0.15, 0.2) is 0 Å². The summed E-state index contributed by atoms with van der Waals surface area (Å²) in [6.45, 7) is 14.5. The van der Waals surface area contributed by atoms with Crippen LogP contribution in [0.2, 0.25) is 0 Å². The molecule has 592 valence electrons. The molecule has 0 aliphatic rings. The maximum Gasteiger partial charge on any atom is 0.243 e. The molecule has 0 saturated heterocycles. The van der Waals surface area contributed by atoms with Crippen molar-refractivity contribution < 1.29 is 62.3 Å². The van der Waals surface area contributed by atoms with Crippen LogP contribution in [0.25, 0.3) is 10.9 Å². The number of aromatic amines is 2. The highest BCUT2D eigenvalue weighted by atomic mass is 16.2.